The lowest BCUT2D eigenvalue weighted by Crippen LogP contribution is -1.82. The largest absolute Gasteiger partial charge is 0.257 e. The molecular formula is C10H18NP. The second kappa shape index (κ2) is 5.37. The highest BCUT2D eigenvalue weighted by molar-refractivity contribution is 7.31. The van der Waals surface area contributed by atoms with Gasteiger partial charge in [-0.3, -0.25) is 4.98 Å². The van der Waals surface area contributed by atoms with E-state index in [1.54, 1.807) is 0 Å². The van der Waals surface area contributed by atoms with Gasteiger partial charge in [0, 0.05) is 6.20 Å². The van der Waals surface area contributed by atoms with Gasteiger partial charge < -0.3 is 0 Å². The number of nitrogens with zero attached hydrogens (tertiary/aromatic N) is 1. The topological polar surface area (TPSA) is 12.9 Å². The van der Waals surface area contributed by atoms with Gasteiger partial charge in [0.25, 0.3) is 0 Å². The maximum Gasteiger partial charge on any atom is 0.0564 e. The Bertz CT molecular complexity index is 217. The van der Waals surface area contributed by atoms with E-state index in [0.29, 0.717) is 0 Å². The van der Waals surface area contributed by atoms with Crippen molar-refractivity contribution in [2.24, 2.45) is 0 Å². The maximum atomic E-state index is 4.38. The van der Waals surface area contributed by atoms with E-state index < -0.39 is 0 Å². The summed E-state index contributed by atoms with van der Waals surface area (Å²) in [5.41, 5.74) is 1.42. The molecule has 0 bridgehead atoms. The molecule has 1 aromatic heterocycles. The molecule has 0 aliphatic rings. The highest BCUT2D eigenvalue weighted by Crippen LogP contribution is 2.19. The van der Waals surface area contributed by atoms with Crippen LogP contribution in [-0.4, -0.2) is 4.98 Å². The zero-order valence-corrected chi connectivity index (χ0v) is 9.06. The second-order valence-corrected chi connectivity index (χ2v) is 4.94. The summed E-state index contributed by atoms with van der Waals surface area (Å²) in [5, 5.41) is 1.44. The zero-order valence-electron chi connectivity index (χ0n) is 8.06. The van der Waals surface area contributed by atoms with Crippen molar-refractivity contribution in [1.29, 1.82) is 0 Å². The molecule has 1 atom stereocenters. The predicted octanol–water partition coefficient (Wildman–Crippen LogP) is 3.54. The minimum atomic E-state index is 0.897. The molecule has 1 rings (SSSR count). The number of unbranched alkanes of at least 4 members (excludes halogenated alkanes) is 3. The van der Waals surface area contributed by atoms with Crippen LogP contribution >= 0.6 is 8.19 Å². The lowest BCUT2D eigenvalue weighted by molar-refractivity contribution is 0.665. The summed E-state index contributed by atoms with van der Waals surface area (Å²) in [5.74, 6) is 0. The van der Waals surface area contributed by atoms with Crippen LogP contribution in [0.4, 0.5) is 0 Å². The van der Waals surface area contributed by atoms with Gasteiger partial charge in [-0.25, -0.2) is 0 Å². The van der Waals surface area contributed by atoms with Gasteiger partial charge >= 0.3 is 0 Å². The Morgan fingerprint density at radius 3 is 2.75 bits per heavy atom. The summed E-state index contributed by atoms with van der Waals surface area (Å²) in [6.07, 6.45) is 8.66. The normalized spacial score (nSPS) is 11.2. The Hall–Kier alpha value is -0.290. The van der Waals surface area contributed by atoms with Crippen LogP contribution in [0.15, 0.2) is 6.20 Å². The van der Waals surface area contributed by atoms with Crippen molar-refractivity contribution in [3.63, 3.8) is 0 Å². The molecule has 0 N–H and O–H groups in total. The van der Waals surface area contributed by atoms with Crippen molar-refractivity contribution in [2.45, 2.75) is 46.0 Å². The maximum absolute atomic E-state index is 4.38. The molecule has 0 amide bonds. The molecule has 0 saturated carbocycles. The monoisotopic (exact) mass is 183 g/mol. The fraction of sp³-hybridized carbons (Fsp3) is 0.700. The van der Waals surface area contributed by atoms with Crippen LogP contribution in [0, 0.1) is 6.92 Å². The molecule has 0 aliphatic heterocycles. The fourth-order valence-corrected chi connectivity index (χ4v) is 2.33. The third-order valence-corrected chi connectivity index (χ3v) is 3.21. The molecule has 0 fully saturated rings. The minimum absolute atomic E-state index is 0.897. The first-order valence-corrected chi connectivity index (χ1v) is 5.83. The zero-order chi connectivity index (χ0) is 8.81. The quantitative estimate of drug-likeness (QED) is 0.636. The van der Waals surface area contributed by atoms with Crippen molar-refractivity contribution in [3.05, 3.63) is 16.9 Å². The van der Waals surface area contributed by atoms with E-state index in [-0.39, 0.29) is 0 Å². The summed E-state index contributed by atoms with van der Waals surface area (Å²) in [4.78, 5) is 4.38. The highest BCUT2D eigenvalue weighted by Gasteiger charge is 1.95. The molecule has 1 nitrogen and oxygen atoms in total. The minimum Gasteiger partial charge on any atom is -0.257 e. The van der Waals surface area contributed by atoms with Crippen LogP contribution < -0.4 is 0 Å². The molecule has 0 spiro atoms. The van der Waals surface area contributed by atoms with E-state index >= 15 is 0 Å². The summed E-state index contributed by atoms with van der Waals surface area (Å²) >= 11 is 0. The Labute approximate surface area is 76.7 Å². The van der Waals surface area contributed by atoms with E-state index in [9.17, 15) is 0 Å². The first-order chi connectivity index (χ1) is 5.83. The summed E-state index contributed by atoms with van der Waals surface area (Å²) in [6, 6.07) is 0. The first-order valence-electron chi connectivity index (χ1n) is 4.83. The summed E-state index contributed by atoms with van der Waals surface area (Å²) < 4.78 is 0. The average molecular weight is 183 g/mol. The first kappa shape index (κ1) is 9.80. The van der Waals surface area contributed by atoms with Gasteiger partial charge in [0.1, 0.15) is 0 Å². The van der Waals surface area contributed by atoms with Crippen LogP contribution in [0.2, 0.25) is 0 Å². The fourth-order valence-electron chi connectivity index (χ4n) is 1.31. The molecule has 0 saturated heterocycles. The molecule has 0 radical (unpaired) electrons. The number of hydrogen-bond acceptors (Lipinski definition) is 1. The van der Waals surface area contributed by atoms with Crippen LogP contribution in [0.5, 0.6) is 0 Å². The van der Waals surface area contributed by atoms with Crippen LogP contribution in [0.25, 0.3) is 0 Å². The summed E-state index contributed by atoms with van der Waals surface area (Å²) in [6.45, 7) is 4.42. The van der Waals surface area contributed by atoms with E-state index in [1.165, 1.54) is 42.8 Å². The number of rotatable bonds is 5. The van der Waals surface area contributed by atoms with Gasteiger partial charge in [-0.1, -0.05) is 26.2 Å². The van der Waals surface area contributed by atoms with Crippen molar-refractivity contribution in [1.82, 2.24) is 4.98 Å². The van der Waals surface area contributed by atoms with Crippen LogP contribution in [0.1, 0.15) is 43.3 Å². The SMILES string of the molecule is CCCCCCc1ncc(C)[pH]1. The van der Waals surface area contributed by atoms with Gasteiger partial charge in [0.05, 0.1) is 5.43 Å². The molecule has 12 heavy (non-hydrogen) atoms. The lowest BCUT2D eigenvalue weighted by Gasteiger charge is -1.95. The van der Waals surface area contributed by atoms with Gasteiger partial charge in [-0.15, -0.1) is 8.19 Å². The van der Waals surface area contributed by atoms with E-state index in [2.05, 4.69) is 18.8 Å². The van der Waals surface area contributed by atoms with Crippen LogP contribution in [-0.2, 0) is 6.42 Å². The lowest BCUT2D eigenvalue weighted by atomic mass is 10.2. The van der Waals surface area contributed by atoms with E-state index in [1.807, 2.05) is 6.20 Å². The smallest absolute Gasteiger partial charge is 0.0564 e. The molecule has 1 heterocycles. The molecule has 1 aromatic rings. The second-order valence-electron chi connectivity index (χ2n) is 3.32. The third kappa shape index (κ3) is 3.40. The van der Waals surface area contributed by atoms with Crippen molar-refractivity contribution < 1.29 is 0 Å². The van der Waals surface area contributed by atoms with Gasteiger partial charge in [-0.2, -0.15) is 0 Å². The third-order valence-electron chi connectivity index (χ3n) is 2.02. The van der Waals surface area contributed by atoms with Crippen LogP contribution in [0.3, 0.4) is 0 Å². The molecular weight excluding hydrogens is 165 g/mol. The number of aromatic nitrogens is 1. The predicted molar refractivity (Wildman–Crippen MR) is 56.3 cm³/mol. The summed E-state index contributed by atoms with van der Waals surface area (Å²) in [7, 11) is 0.897. The Morgan fingerprint density at radius 1 is 1.33 bits per heavy atom. The van der Waals surface area contributed by atoms with Crippen molar-refractivity contribution >= 4 is 8.19 Å². The molecule has 0 aliphatic carbocycles. The Kier molecular flexibility index (Phi) is 4.39. The van der Waals surface area contributed by atoms with Gasteiger partial charge in [0.15, 0.2) is 0 Å². The Balaban J connectivity index is 2.15. The van der Waals surface area contributed by atoms with Crippen molar-refractivity contribution in [2.75, 3.05) is 0 Å². The highest BCUT2D eigenvalue weighted by atomic mass is 31.0. The molecule has 68 valence electrons. The molecule has 2 heteroatoms. The number of hydrogen-bond donors (Lipinski definition) is 0. The molecule has 0 aromatic carbocycles. The van der Waals surface area contributed by atoms with Gasteiger partial charge in [-0.05, 0) is 25.1 Å². The Morgan fingerprint density at radius 2 is 2.17 bits per heavy atom. The standard InChI is InChI=1S/C10H18NP/c1-3-4-5-6-7-10-11-8-9(2)12-10/h8,12H,3-7H2,1-2H3. The molecule has 1 unspecified atom stereocenters. The van der Waals surface area contributed by atoms with Gasteiger partial charge in [0.2, 0.25) is 0 Å². The number of aryl methyl sites for hydroxylation is 2. The average Bonchev–Trinajstić information content (AvgIpc) is 2.45. The van der Waals surface area contributed by atoms with E-state index in [0.717, 1.165) is 8.19 Å². The van der Waals surface area contributed by atoms with E-state index in [4.69, 9.17) is 0 Å². The van der Waals surface area contributed by atoms with Crippen molar-refractivity contribution in [3.8, 4) is 0 Å².